The maximum Gasteiger partial charge on any atom is 0.232 e. The summed E-state index contributed by atoms with van der Waals surface area (Å²) in [6.07, 6.45) is 0.767. The van der Waals surface area contributed by atoms with E-state index in [2.05, 4.69) is 4.98 Å². The smallest absolute Gasteiger partial charge is 0.232 e. The van der Waals surface area contributed by atoms with Crippen molar-refractivity contribution in [3.8, 4) is 11.5 Å². The summed E-state index contributed by atoms with van der Waals surface area (Å²) in [5, 5.41) is 1.99. The van der Waals surface area contributed by atoms with Crippen molar-refractivity contribution in [1.29, 1.82) is 0 Å². The molecular formula is C17H22N2O3S2. The molecule has 5 nitrogen and oxygen atoms in total. The molecule has 0 radical (unpaired) electrons. The highest BCUT2D eigenvalue weighted by molar-refractivity contribution is 8.01. The van der Waals surface area contributed by atoms with Gasteiger partial charge in [-0.05, 0) is 31.0 Å². The zero-order chi connectivity index (χ0) is 17.5. The SMILES string of the molecule is COc1ccc(CCN(C)C(=O)CSc2nc(C)cs2)cc1OC. The minimum absolute atomic E-state index is 0.105. The van der Waals surface area contributed by atoms with Crippen LogP contribution in [0.2, 0.25) is 0 Å². The molecule has 0 bridgehead atoms. The average Bonchev–Trinajstić information content (AvgIpc) is 3.02. The van der Waals surface area contributed by atoms with E-state index in [9.17, 15) is 4.79 Å². The molecule has 0 saturated carbocycles. The fourth-order valence-electron chi connectivity index (χ4n) is 2.09. The lowest BCUT2D eigenvalue weighted by molar-refractivity contribution is -0.127. The lowest BCUT2D eigenvalue weighted by atomic mass is 10.1. The number of aryl methyl sites for hydroxylation is 1. The summed E-state index contributed by atoms with van der Waals surface area (Å²) in [5.41, 5.74) is 2.10. The number of carbonyl (C=O) groups excluding carboxylic acids is 1. The molecule has 0 saturated heterocycles. The second-order valence-corrected chi connectivity index (χ2v) is 7.38. The van der Waals surface area contributed by atoms with Crippen LogP contribution in [0.1, 0.15) is 11.3 Å². The topological polar surface area (TPSA) is 51.7 Å². The maximum absolute atomic E-state index is 12.2. The van der Waals surface area contributed by atoms with Gasteiger partial charge in [-0.25, -0.2) is 4.98 Å². The van der Waals surface area contributed by atoms with Gasteiger partial charge in [-0.3, -0.25) is 4.79 Å². The summed E-state index contributed by atoms with van der Waals surface area (Å²) in [7, 11) is 5.07. The number of aromatic nitrogens is 1. The second kappa shape index (κ2) is 8.94. The molecule has 1 heterocycles. The summed E-state index contributed by atoms with van der Waals surface area (Å²) >= 11 is 3.07. The zero-order valence-corrected chi connectivity index (χ0v) is 16.0. The van der Waals surface area contributed by atoms with Crippen LogP contribution in [0.3, 0.4) is 0 Å². The number of amides is 1. The lowest BCUT2D eigenvalue weighted by Gasteiger charge is -2.17. The van der Waals surface area contributed by atoms with E-state index in [0.29, 0.717) is 23.8 Å². The number of hydrogen-bond acceptors (Lipinski definition) is 6. The van der Waals surface area contributed by atoms with Gasteiger partial charge in [0.1, 0.15) is 0 Å². The fraction of sp³-hybridized carbons (Fsp3) is 0.412. The van der Waals surface area contributed by atoms with Crippen molar-refractivity contribution in [3.63, 3.8) is 0 Å². The minimum atomic E-state index is 0.105. The van der Waals surface area contributed by atoms with E-state index in [1.165, 1.54) is 11.8 Å². The molecule has 1 aromatic heterocycles. The zero-order valence-electron chi connectivity index (χ0n) is 14.4. The first-order valence-electron chi connectivity index (χ1n) is 7.53. The Morgan fingerprint density at radius 1 is 1.29 bits per heavy atom. The Balaban J connectivity index is 1.83. The number of nitrogens with zero attached hydrogens (tertiary/aromatic N) is 2. The first kappa shape index (κ1) is 18.6. The highest BCUT2D eigenvalue weighted by atomic mass is 32.2. The van der Waals surface area contributed by atoms with E-state index >= 15 is 0 Å². The minimum Gasteiger partial charge on any atom is -0.493 e. The van der Waals surface area contributed by atoms with Crippen molar-refractivity contribution in [2.75, 3.05) is 33.6 Å². The molecule has 0 unspecified atom stereocenters. The number of carbonyl (C=O) groups is 1. The highest BCUT2D eigenvalue weighted by Crippen LogP contribution is 2.27. The first-order chi connectivity index (χ1) is 11.5. The molecule has 0 atom stereocenters. The Hall–Kier alpha value is -1.73. The summed E-state index contributed by atoms with van der Waals surface area (Å²) < 4.78 is 11.5. The molecule has 2 rings (SSSR count). The van der Waals surface area contributed by atoms with Crippen molar-refractivity contribution < 1.29 is 14.3 Å². The molecule has 0 aliphatic carbocycles. The molecule has 0 aliphatic heterocycles. The normalized spacial score (nSPS) is 10.5. The summed E-state index contributed by atoms with van der Waals surface area (Å²) in [6.45, 7) is 2.61. The van der Waals surface area contributed by atoms with E-state index in [1.807, 2.05) is 37.6 Å². The Bertz CT molecular complexity index is 688. The van der Waals surface area contributed by atoms with Gasteiger partial charge in [0.2, 0.25) is 5.91 Å². The standard InChI is InChI=1S/C17H22N2O3S2/c1-12-10-23-17(18-12)24-11-16(20)19(2)8-7-13-5-6-14(21-3)15(9-13)22-4/h5-6,9-10H,7-8,11H2,1-4H3. The Labute approximate surface area is 151 Å². The van der Waals surface area contributed by atoms with Gasteiger partial charge in [0, 0.05) is 24.7 Å². The van der Waals surface area contributed by atoms with Crippen LogP contribution >= 0.6 is 23.1 Å². The molecule has 7 heteroatoms. The number of likely N-dealkylation sites (N-methyl/N-ethyl adjacent to an activating group) is 1. The highest BCUT2D eigenvalue weighted by Gasteiger charge is 2.11. The summed E-state index contributed by atoms with van der Waals surface area (Å²) in [6, 6.07) is 5.83. The third-order valence-electron chi connectivity index (χ3n) is 3.53. The third kappa shape index (κ3) is 5.14. The number of methoxy groups -OCH3 is 2. The molecule has 1 aromatic carbocycles. The van der Waals surface area contributed by atoms with Crippen LogP contribution in [0.5, 0.6) is 11.5 Å². The van der Waals surface area contributed by atoms with Crippen LogP contribution in [0, 0.1) is 6.92 Å². The predicted molar refractivity (Wildman–Crippen MR) is 98.5 cm³/mol. The van der Waals surface area contributed by atoms with Crippen LogP contribution < -0.4 is 9.47 Å². The number of thioether (sulfide) groups is 1. The first-order valence-corrected chi connectivity index (χ1v) is 9.39. The number of ether oxygens (including phenoxy) is 2. The molecule has 0 fully saturated rings. The van der Waals surface area contributed by atoms with Gasteiger partial charge in [0.25, 0.3) is 0 Å². The van der Waals surface area contributed by atoms with Gasteiger partial charge >= 0.3 is 0 Å². The molecule has 0 spiro atoms. The van der Waals surface area contributed by atoms with Gasteiger partial charge in [0.15, 0.2) is 15.8 Å². The number of rotatable bonds is 8. The number of hydrogen-bond donors (Lipinski definition) is 0. The molecule has 24 heavy (non-hydrogen) atoms. The third-order valence-corrected chi connectivity index (χ3v) is 5.65. The van der Waals surface area contributed by atoms with E-state index in [4.69, 9.17) is 9.47 Å². The quantitative estimate of drug-likeness (QED) is 0.671. The predicted octanol–water partition coefficient (Wildman–Crippen LogP) is 3.26. The average molecular weight is 367 g/mol. The molecule has 2 aromatic rings. The largest absolute Gasteiger partial charge is 0.493 e. The fourth-order valence-corrected chi connectivity index (χ4v) is 3.88. The van der Waals surface area contributed by atoms with Crippen LogP contribution in [-0.2, 0) is 11.2 Å². The van der Waals surface area contributed by atoms with E-state index < -0.39 is 0 Å². The Kier molecular flexibility index (Phi) is 6.93. The van der Waals surface area contributed by atoms with Crippen molar-refractivity contribution >= 4 is 29.0 Å². The molecule has 1 amide bonds. The van der Waals surface area contributed by atoms with Crippen molar-refractivity contribution in [2.45, 2.75) is 17.7 Å². The Morgan fingerprint density at radius 2 is 2.04 bits per heavy atom. The maximum atomic E-state index is 12.2. The van der Waals surface area contributed by atoms with Crippen molar-refractivity contribution in [2.24, 2.45) is 0 Å². The van der Waals surface area contributed by atoms with Crippen molar-refractivity contribution in [3.05, 3.63) is 34.8 Å². The summed E-state index contributed by atoms with van der Waals surface area (Å²) in [4.78, 5) is 18.3. The van der Waals surface area contributed by atoms with Crippen LogP contribution in [0.4, 0.5) is 0 Å². The monoisotopic (exact) mass is 366 g/mol. The number of thiazole rings is 1. The summed E-state index contributed by atoms with van der Waals surface area (Å²) in [5.74, 6) is 1.93. The van der Waals surface area contributed by atoms with E-state index in [1.54, 1.807) is 30.5 Å². The van der Waals surface area contributed by atoms with Crippen LogP contribution in [0.15, 0.2) is 27.9 Å². The van der Waals surface area contributed by atoms with Gasteiger partial charge in [0.05, 0.1) is 20.0 Å². The lowest BCUT2D eigenvalue weighted by Crippen LogP contribution is -2.30. The van der Waals surface area contributed by atoms with Gasteiger partial charge in [-0.2, -0.15) is 0 Å². The van der Waals surface area contributed by atoms with E-state index in [0.717, 1.165) is 22.0 Å². The molecule has 0 aliphatic rings. The van der Waals surface area contributed by atoms with Gasteiger partial charge in [-0.1, -0.05) is 17.8 Å². The van der Waals surface area contributed by atoms with Gasteiger partial charge < -0.3 is 14.4 Å². The second-order valence-electron chi connectivity index (χ2n) is 5.30. The van der Waals surface area contributed by atoms with Crippen molar-refractivity contribution in [1.82, 2.24) is 9.88 Å². The number of benzene rings is 1. The van der Waals surface area contributed by atoms with Crippen LogP contribution in [-0.4, -0.2) is 49.4 Å². The van der Waals surface area contributed by atoms with Crippen LogP contribution in [0.25, 0.3) is 0 Å². The Morgan fingerprint density at radius 3 is 2.67 bits per heavy atom. The van der Waals surface area contributed by atoms with E-state index in [-0.39, 0.29) is 5.91 Å². The molecule has 0 N–H and O–H groups in total. The molecular weight excluding hydrogens is 344 g/mol. The molecule has 130 valence electrons. The van der Waals surface area contributed by atoms with Gasteiger partial charge in [-0.15, -0.1) is 11.3 Å².